The van der Waals surface area contributed by atoms with Gasteiger partial charge in [0.05, 0.1) is 15.5 Å². The molecule has 1 fully saturated rings. The van der Waals surface area contributed by atoms with E-state index in [-0.39, 0.29) is 5.41 Å². The van der Waals surface area contributed by atoms with Gasteiger partial charge in [0.25, 0.3) is 0 Å². The van der Waals surface area contributed by atoms with Crippen molar-refractivity contribution in [2.75, 3.05) is 17.6 Å². The summed E-state index contributed by atoms with van der Waals surface area (Å²) < 4.78 is 2.85. The van der Waals surface area contributed by atoms with Gasteiger partial charge in [0.2, 0.25) is 0 Å². The third kappa shape index (κ3) is 1.96. The maximum atomic E-state index is 6.54. The van der Waals surface area contributed by atoms with Crippen molar-refractivity contribution in [3.8, 4) is 0 Å². The Morgan fingerprint density at radius 3 is 3.14 bits per heavy atom. The molecule has 0 bridgehead atoms. The van der Waals surface area contributed by atoms with Gasteiger partial charge in [-0.25, -0.2) is 4.98 Å². The Balaban J connectivity index is 1.72. The van der Waals surface area contributed by atoms with Crippen LogP contribution in [0.3, 0.4) is 0 Å². The second-order valence-corrected chi connectivity index (χ2v) is 7.13. The topological polar surface area (TPSA) is 68.8 Å². The van der Waals surface area contributed by atoms with Crippen LogP contribution in [0, 0.1) is 0 Å². The quantitative estimate of drug-likeness (QED) is 0.810. The van der Waals surface area contributed by atoms with E-state index in [9.17, 15) is 0 Å². The first-order chi connectivity index (χ1) is 10.1. The fourth-order valence-electron chi connectivity index (χ4n) is 3.69. The Bertz CT molecular complexity index is 715. The number of fused-ring (bicyclic) bond motifs is 2. The first-order valence-corrected chi connectivity index (χ1v) is 8.15. The lowest BCUT2D eigenvalue weighted by molar-refractivity contribution is 0.419. The van der Waals surface area contributed by atoms with Gasteiger partial charge in [-0.3, -0.25) is 4.68 Å². The van der Waals surface area contributed by atoms with Gasteiger partial charge in [0.1, 0.15) is 11.6 Å². The fraction of sp³-hybridized carbons (Fsp3) is 0.429. The number of nitrogen functional groups attached to an aromatic ring is 1. The minimum absolute atomic E-state index is 0.0502. The van der Waals surface area contributed by atoms with E-state index in [2.05, 4.69) is 31.3 Å². The van der Waals surface area contributed by atoms with Crippen LogP contribution in [0.15, 0.2) is 22.9 Å². The second-order valence-electron chi connectivity index (χ2n) is 5.89. The molecular weight excluding hydrogens is 354 g/mol. The van der Waals surface area contributed by atoms with Crippen molar-refractivity contribution in [2.45, 2.75) is 30.7 Å². The maximum absolute atomic E-state index is 6.54. The molecule has 2 aromatic rings. The van der Waals surface area contributed by atoms with Crippen molar-refractivity contribution in [3.05, 3.63) is 33.5 Å². The van der Waals surface area contributed by atoms with Gasteiger partial charge in [-0.05, 0) is 41.3 Å². The first kappa shape index (κ1) is 13.4. The molecule has 3 N–H and O–H groups in total. The molecule has 2 unspecified atom stereocenters. The number of hydrogen-bond acceptors (Lipinski definition) is 4. The van der Waals surface area contributed by atoms with Crippen LogP contribution >= 0.6 is 27.5 Å². The van der Waals surface area contributed by atoms with Gasteiger partial charge in [-0.2, -0.15) is 5.10 Å². The predicted molar refractivity (Wildman–Crippen MR) is 86.6 cm³/mol. The van der Waals surface area contributed by atoms with Crippen LogP contribution in [0.4, 0.5) is 11.6 Å². The normalized spacial score (nSPS) is 27.0. The Morgan fingerprint density at radius 2 is 2.38 bits per heavy atom. The van der Waals surface area contributed by atoms with Crippen molar-refractivity contribution >= 4 is 39.2 Å². The lowest BCUT2D eigenvalue weighted by atomic mass is 9.81. The van der Waals surface area contributed by atoms with E-state index < -0.39 is 0 Å². The van der Waals surface area contributed by atoms with Crippen LogP contribution in [-0.2, 0) is 5.41 Å². The van der Waals surface area contributed by atoms with Crippen LogP contribution in [0.5, 0.6) is 0 Å². The van der Waals surface area contributed by atoms with Crippen LogP contribution in [-0.4, -0.2) is 21.3 Å². The van der Waals surface area contributed by atoms with E-state index in [0.29, 0.717) is 11.9 Å². The van der Waals surface area contributed by atoms with E-state index in [1.54, 1.807) is 6.20 Å². The highest BCUT2D eigenvalue weighted by molar-refractivity contribution is 9.10. The monoisotopic (exact) mass is 367 g/mol. The number of nitrogens with two attached hydrogens (primary N) is 1. The maximum Gasteiger partial charge on any atom is 0.145 e. The summed E-state index contributed by atoms with van der Waals surface area (Å²) in [5, 5.41) is 8.55. The van der Waals surface area contributed by atoms with E-state index >= 15 is 0 Å². The van der Waals surface area contributed by atoms with Gasteiger partial charge in [-0.1, -0.05) is 11.6 Å². The second kappa shape index (κ2) is 4.61. The SMILES string of the molecule is Nc1ccn(C2CCC3(CNc4ncc(Br)c(Cl)c43)C2)n1. The number of nitrogens with zero attached hydrogens (tertiary/aromatic N) is 3. The third-order valence-corrected chi connectivity index (χ3v) is 5.91. The molecule has 0 saturated heterocycles. The number of hydrogen-bond donors (Lipinski definition) is 2. The molecular formula is C14H15BrClN5. The summed E-state index contributed by atoms with van der Waals surface area (Å²) >= 11 is 10.0. The number of anilines is 2. The molecule has 1 spiro atoms. The molecule has 3 heterocycles. The molecule has 1 saturated carbocycles. The summed E-state index contributed by atoms with van der Waals surface area (Å²) in [7, 11) is 0. The molecule has 0 amide bonds. The Labute approximate surface area is 136 Å². The lowest BCUT2D eigenvalue weighted by Gasteiger charge is -2.24. The molecule has 1 aliphatic heterocycles. The van der Waals surface area contributed by atoms with Crippen molar-refractivity contribution in [3.63, 3.8) is 0 Å². The number of pyridine rings is 1. The van der Waals surface area contributed by atoms with Crippen LogP contribution in [0.1, 0.15) is 30.9 Å². The van der Waals surface area contributed by atoms with Crippen molar-refractivity contribution in [1.82, 2.24) is 14.8 Å². The van der Waals surface area contributed by atoms with Crippen molar-refractivity contribution in [1.29, 1.82) is 0 Å². The molecule has 0 aromatic carbocycles. The average molecular weight is 369 g/mol. The smallest absolute Gasteiger partial charge is 0.145 e. The molecule has 21 heavy (non-hydrogen) atoms. The predicted octanol–water partition coefficient (Wildman–Crippen LogP) is 3.36. The minimum Gasteiger partial charge on any atom is -0.382 e. The summed E-state index contributed by atoms with van der Waals surface area (Å²) in [5.41, 5.74) is 6.93. The largest absolute Gasteiger partial charge is 0.382 e. The molecule has 110 valence electrons. The summed E-state index contributed by atoms with van der Waals surface area (Å²) in [6, 6.07) is 2.21. The van der Waals surface area contributed by atoms with E-state index in [0.717, 1.165) is 46.7 Å². The van der Waals surface area contributed by atoms with Gasteiger partial charge < -0.3 is 11.1 Å². The fourth-order valence-corrected chi connectivity index (χ4v) is 4.33. The Hall–Kier alpha value is -1.27. The summed E-state index contributed by atoms with van der Waals surface area (Å²) in [5.74, 6) is 1.49. The summed E-state index contributed by atoms with van der Waals surface area (Å²) in [6.45, 7) is 0.888. The highest BCUT2D eigenvalue weighted by Crippen LogP contribution is 2.54. The Morgan fingerprint density at radius 1 is 1.52 bits per heavy atom. The minimum atomic E-state index is 0.0502. The third-order valence-electron chi connectivity index (χ3n) is 4.68. The van der Waals surface area contributed by atoms with Crippen molar-refractivity contribution in [2.24, 2.45) is 0 Å². The molecule has 7 heteroatoms. The molecule has 2 aliphatic rings. The van der Waals surface area contributed by atoms with Gasteiger partial charge in [-0.15, -0.1) is 0 Å². The molecule has 2 aromatic heterocycles. The zero-order valence-electron chi connectivity index (χ0n) is 11.3. The van der Waals surface area contributed by atoms with Crippen molar-refractivity contribution < 1.29 is 0 Å². The van der Waals surface area contributed by atoms with Crippen LogP contribution in [0.25, 0.3) is 0 Å². The molecule has 0 radical (unpaired) electrons. The lowest BCUT2D eigenvalue weighted by Crippen LogP contribution is -2.26. The van der Waals surface area contributed by atoms with E-state index in [1.807, 2.05) is 16.9 Å². The van der Waals surface area contributed by atoms with E-state index in [4.69, 9.17) is 17.3 Å². The standard InChI is InChI=1S/C14H15BrClN5/c15-9-6-18-13-11(12(9)16)14(7-19-13)3-1-8(5-14)21-4-2-10(17)20-21/h2,4,6,8H,1,3,5,7H2,(H2,17,20)(H,18,19). The Kier molecular flexibility index (Phi) is 2.94. The van der Waals surface area contributed by atoms with Gasteiger partial charge in [0, 0.05) is 29.9 Å². The number of nitrogens with one attached hydrogen (secondary N) is 1. The zero-order valence-corrected chi connectivity index (χ0v) is 13.7. The summed E-state index contributed by atoms with van der Waals surface area (Å²) in [4.78, 5) is 4.46. The first-order valence-electron chi connectivity index (χ1n) is 6.98. The average Bonchev–Trinajstić information content (AvgIpc) is 3.15. The van der Waals surface area contributed by atoms with Crippen LogP contribution < -0.4 is 11.1 Å². The van der Waals surface area contributed by atoms with Crippen LogP contribution in [0.2, 0.25) is 5.02 Å². The zero-order chi connectivity index (χ0) is 14.6. The number of aromatic nitrogens is 3. The van der Waals surface area contributed by atoms with Gasteiger partial charge in [0.15, 0.2) is 0 Å². The molecule has 1 aliphatic carbocycles. The number of halogens is 2. The highest BCUT2D eigenvalue weighted by Gasteiger charge is 2.48. The molecule has 5 nitrogen and oxygen atoms in total. The van der Waals surface area contributed by atoms with E-state index in [1.165, 1.54) is 0 Å². The number of rotatable bonds is 1. The molecule has 4 rings (SSSR count). The van der Waals surface area contributed by atoms with Gasteiger partial charge >= 0.3 is 0 Å². The molecule has 2 atom stereocenters. The highest BCUT2D eigenvalue weighted by atomic mass is 79.9. The summed E-state index contributed by atoms with van der Waals surface area (Å²) in [6.07, 6.45) is 6.88.